The summed E-state index contributed by atoms with van der Waals surface area (Å²) in [5, 5.41) is 15.0. The van der Waals surface area contributed by atoms with Crippen LogP contribution in [0.5, 0.6) is 0 Å². The molecule has 9 nitrogen and oxygen atoms in total. The lowest BCUT2D eigenvalue weighted by molar-refractivity contribution is 0.199. The number of aryl methyl sites for hydroxylation is 4. The fraction of sp³-hybridized carbons (Fsp3) is 0.281. The van der Waals surface area contributed by atoms with E-state index in [0.29, 0.717) is 17.9 Å². The third-order valence-electron chi connectivity index (χ3n) is 8.37. The van der Waals surface area contributed by atoms with Crippen LogP contribution in [0.4, 0.5) is 5.13 Å². The molecule has 0 spiro atoms. The van der Waals surface area contributed by atoms with Crippen LogP contribution in [0.2, 0.25) is 0 Å². The molecule has 1 N–H and O–H groups in total. The summed E-state index contributed by atoms with van der Waals surface area (Å²) in [5.74, 6) is 0.688. The van der Waals surface area contributed by atoms with Gasteiger partial charge in [0.05, 0.1) is 15.7 Å². The molecule has 1 aliphatic heterocycles. The van der Waals surface area contributed by atoms with Crippen LogP contribution in [0.15, 0.2) is 77.6 Å². The van der Waals surface area contributed by atoms with Gasteiger partial charge in [0.1, 0.15) is 6.04 Å². The van der Waals surface area contributed by atoms with E-state index in [1.165, 1.54) is 10.3 Å². The topological polar surface area (TPSA) is 95.8 Å². The average Bonchev–Trinajstić information content (AvgIpc) is 3.67. The Bertz CT molecular complexity index is 1890. The third-order valence-corrected chi connectivity index (χ3v) is 9.46. The van der Waals surface area contributed by atoms with E-state index in [0.717, 1.165) is 65.3 Å². The summed E-state index contributed by atoms with van der Waals surface area (Å²) >= 11 is 1.73. The van der Waals surface area contributed by atoms with Crippen molar-refractivity contribution >= 4 is 37.6 Å². The first kappa shape index (κ1) is 26.5. The molecule has 0 unspecified atom stereocenters. The van der Waals surface area contributed by atoms with E-state index >= 15 is 0 Å². The third kappa shape index (κ3) is 4.97. The van der Waals surface area contributed by atoms with Gasteiger partial charge in [-0.15, -0.1) is 5.10 Å². The summed E-state index contributed by atoms with van der Waals surface area (Å²) < 4.78 is 3.06. The maximum absolute atomic E-state index is 13.8. The number of anilines is 1. The number of benzene rings is 3. The van der Waals surface area contributed by atoms with E-state index in [1.54, 1.807) is 11.3 Å². The second kappa shape index (κ2) is 11.1. The highest BCUT2D eigenvalue weighted by Gasteiger charge is 2.33. The molecule has 1 fully saturated rings. The summed E-state index contributed by atoms with van der Waals surface area (Å²) in [7, 11) is 0. The molecule has 7 rings (SSSR count). The van der Waals surface area contributed by atoms with Crippen molar-refractivity contribution < 1.29 is 0 Å². The monoisotopic (exact) mass is 576 g/mol. The van der Waals surface area contributed by atoms with Gasteiger partial charge in [-0.2, -0.15) is 0 Å². The fourth-order valence-corrected chi connectivity index (χ4v) is 6.87. The number of nitrogens with zero attached hydrogens (tertiary/aromatic N) is 7. The standard InChI is InChI=1S/C32H32N8OS/c1-21-12-13-24-20-25(31(41)34-28(24)22(21)2)29(30-35-36-37-40(30)15-14-23-8-4-3-5-9-23)38-16-18-39(19-17-38)32-33-26-10-6-7-11-27(26)42-32/h3-13,20,29H,14-19H2,1-2H3,(H,34,41)/t29-/m1/s1. The van der Waals surface area contributed by atoms with Crippen molar-refractivity contribution in [3.05, 3.63) is 111 Å². The number of H-pyrrole nitrogens is 1. The molecule has 1 saturated heterocycles. The van der Waals surface area contributed by atoms with Gasteiger partial charge in [-0.3, -0.25) is 9.69 Å². The number of thiazole rings is 1. The molecular formula is C32H32N8OS. The zero-order valence-electron chi connectivity index (χ0n) is 23.7. The van der Waals surface area contributed by atoms with Crippen molar-refractivity contribution in [1.29, 1.82) is 0 Å². The van der Waals surface area contributed by atoms with Gasteiger partial charge in [0.25, 0.3) is 5.56 Å². The zero-order chi connectivity index (χ0) is 28.6. The van der Waals surface area contributed by atoms with Gasteiger partial charge in [0.2, 0.25) is 0 Å². The van der Waals surface area contributed by atoms with Crippen LogP contribution in [0.25, 0.3) is 21.1 Å². The number of nitrogens with one attached hydrogen (secondary N) is 1. The van der Waals surface area contributed by atoms with Crippen LogP contribution >= 0.6 is 11.3 Å². The maximum Gasteiger partial charge on any atom is 0.253 e. The number of aromatic amines is 1. The van der Waals surface area contributed by atoms with Gasteiger partial charge < -0.3 is 9.88 Å². The molecule has 3 aromatic heterocycles. The quantitative estimate of drug-likeness (QED) is 0.289. The molecule has 0 bridgehead atoms. The fourth-order valence-electron chi connectivity index (χ4n) is 5.86. The molecule has 0 aliphatic carbocycles. The van der Waals surface area contributed by atoms with Crippen LogP contribution in [-0.2, 0) is 13.0 Å². The Kier molecular flexibility index (Phi) is 7.01. The Morgan fingerprint density at radius 1 is 0.952 bits per heavy atom. The van der Waals surface area contributed by atoms with E-state index in [2.05, 4.69) is 86.6 Å². The lowest BCUT2D eigenvalue weighted by atomic mass is 9.99. The first-order chi connectivity index (χ1) is 20.5. The van der Waals surface area contributed by atoms with Crippen molar-refractivity contribution in [3.8, 4) is 0 Å². The zero-order valence-corrected chi connectivity index (χ0v) is 24.5. The highest BCUT2D eigenvalue weighted by atomic mass is 32.1. The maximum atomic E-state index is 13.8. The Labute approximate surface area is 247 Å². The number of para-hydroxylation sites is 1. The summed E-state index contributed by atoms with van der Waals surface area (Å²) in [6.07, 6.45) is 0.795. The molecule has 1 atom stereocenters. The van der Waals surface area contributed by atoms with E-state index in [4.69, 9.17) is 4.98 Å². The first-order valence-electron chi connectivity index (χ1n) is 14.3. The number of fused-ring (bicyclic) bond motifs is 2. The molecule has 42 heavy (non-hydrogen) atoms. The Morgan fingerprint density at radius 3 is 2.55 bits per heavy atom. The number of pyridine rings is 1. The highest BCUT2D eigenvalue weighted by molar-refractivity contribution is 7.22. The van der Waals surface area contributed by atoms with Gasteiger partial charge in [-0.1, -0.05) is 65.9 Å². The van der Waals surface area contributed by atoms with Crippen molar-refractivity contribution in [2.75, 3.05) is 31.1 Å². The minimum Gasteiger partial charge on any atom is -0.345 e. The summed E-state index contributed by atoms with van der Waals surface area (Å²) in [6, 6.07) is 24.4. The van der Waals surface area contributed by atoms with Crippen molar-refractivity contribution in [1.82, 2.24) is 35.1 Å². The molecule has 6 aromatic rings. The minimum atomic E-state index is -0.386. The molecular weight excluding hydrogens is 544 g/mol. The molecule has 1 aliphatic rings. The van der Waals surface area contributed by atoms with Crippen molar-refractivity contribution in [2.24, 2.45) is 0 Å². The van der Waals surface area contributed by atoms with Crippen molar-refractivity contribution in [3.63, 3.8) is 0 Å². The van der Waals surface area contributed by atoms with E-state index in [-0.39, 0.29) is 11.6 Å². The van der Waals surface area contributed by atoms with Crippen LogP contribution in [-0.4, -0.2) is 61.3 Å². The normalized spacial score (nSPS) is 15.0. The van der Waals surface area contributed by atoms with Gasteiger partial charge >= 0.3 is 0 Å². The average molecular weight is 577 g/mol. The Morgan fingerprint density at radius 2 is 1.74 bits per heavy atom. The number of aromatic nitrogens is 6. The van der Waals surface area contributed by atoms with E-state index in [9.17, 15) is 4.79 Å². The first-order valence-corrected chi connectivity index (χ1v) is 15.1. The predicted octanol–water partition coefficient (Wildman–Crippen LogP) is 4.90. The number of hydrogen-bond donors (Lipinski definition) is 1. The molecule has 4 heterocycles. The number of hydrogen-bond acceptors (Lipinski definition) is 8. The van der Waals surface area contributed by atoms with Gasteiger partial charge in [0, 0.05) is 38.3 Å². The van der Waals surface area contributed by atoms with Crippen LogP contribution in [0.1, 0.15) is 34.1 Å². The van der Waals surface area contributed by atoms with Gasteiger partial charge in [-0.05, 0) is 71.0 Å². The summed E-state index contributed by atoms with van der Waals surface area (Å²) in [6.45, 7) is 7.83. The SMILES string of the molecule is Cc1ccc2cc([C@H](c3nnnn3CCc3ccccc3)N3CCN(c4nc5ccccc5s4)CC3)c(=O)[nH]c2c1C. The molecule has 212 valence electrons. The van der Waals surface area contributed by atoms with Crippen LogP contribution in [0, 0.1) is 13.8 Å². The Hall–Kier alpha value is -4.41. The Balaban J connectivity index is 1.23. The second-order valence-electron chi connectivity index (χ2n) is 10.9. The molecule has 3 aromatic carbocycles. The lowest BCUT2D eigenvalue weighted by Gasteiger charge is -2.38. The van der Waals surface area contributed by atoms with Gasteiger partial charge in [0.15, 0.2) is 11.0 Å². The highest BCUT2D eigenvalue weighted by Crippen LogP contribution is 2.32. The molecule has 0 amide bonds. The predicted molar refractivity (Wildman–Crippen MR) is 167 cm³/mol. The van der Waals surface area contributed by atoms with Crippen molar-refractivity contribution in [2.45, 2.75) is 32.9 Å². The number of tetrazole rings is 1. The number of rotatable bonds is 7. The number of piperazine rings is 1. The smallest absolute Gasteiger partial charge is 0.253 e. The summed E-state index contributed by atoms with van der Waals surface area (Å²) in [4.78, 5) is 26.5. The van der Waals surface area contributed by atoms with E-state index in [1.807, 2.05) is 35.0 Å². The molecule has 10 heteroatoms. The molecule has 0 saturated carbocycles. The summed E-state index contributed by atoms with van der Waals surface area (Å²) in [5.41, 5.74) is 5.93. The van der Waals surface area contributed by atoms with Gasteiger partial charge in [-0.25, -0.2) is 9.67 Å². The largest absolute Gasteiger partial charge is 0.345 e. The lowest BCUT2D eigenvalue weighted by Crippen LogP contribution is -2.49. The second-order valence-corrected chi connectivity index (χ2v) is 11.9. The minimum absolute atomic E-state index is 0.104. The van der Waals surface area contributed by atoms with Crippen LogP contribution < -0.4 is 10.5 Å². The van der Waals surface area contributed by atoms with E-state index < -0.39 is 0 Å². The molecule has 0 radical (unpaired) electrons. The van der Waals surface area contributed by atoms with Crippen LogP contribution in [0.3, 0.4) is 0 Å².